The maximum atomic E-state index is 12.6. The molecule has 78 valence electrons. The molecule has 0 rings (SSSR count). The Balaban J connectivity index is 4.13. The van der Waals surface area contributed by atoms with E-state index in [1.165, 1.54) is 4.90 Å². The molecular formula is C7H13F2NO3. The van der Waals surface area contributed by atoms with E-state index < -0.39 is 18.4 Å². The first kappa shape index (κ1) is 12.2. The van der Waals surface area contributed by atoms with Gasteiger partial charge in [0, 0.05) is 6.54 Å². The maximum absolute atomic E-state index is 12.6. The van der Waals surface area contributed by atoms with Crippen LogP contribution in [0.1, 0.15) is 6.92 Å². The first-order valence-electron chi connectivity index (χ1n) is 3.88. The van der Waals surface area contributed by atoms with Crippen LogP contribution in [0, 0.1) is 0 Å². The highest BCUT2D eigenvalue weighted by Gasteiger charge is 2.40. The van der Waals surface area contributed by atoms with E-state index in [-0.39, 0.29) is 19.7 Å². The summed E-state index contributed by atoms with van der Waals surface area (Å²) in [6, 6.07) is 0. The number of aliphatic hydroxyl groups is 1. The fourth-order valence-corrected chi connectivity index (χ4v) is 0.839. The molecule has 0 amide bonds. The standard InChI is InChI=1S/C7H13F2NO3/c1-2-10(3-4-11)5-7(8,9)6(12)13/h11H,2-5H2,1H3,(H,12,13). The van der Waals surface area contributed by atoms with Crippen LogP contribution in [0.25, 0.3) is 0 Å². The number of rotatable bonds is 6. The topological polar surface area (TPSA) is 60.8 Å². The molecular weight excluding hydrogens is 184 g/mol. The molecule has 13 heavy (non-hydrogen) atoms. The van der Waals surface area contributed by atoms with Crippen molar-refractivity contribution in [3.8, 4) is 0 Å². The van der Waals surface area contributed by atoms with Crippen LogP contribution in [0.4, 0.5) is 8.78 Å². The van der Waals surface area contributed by atoms with Crippen molar-refractivity contribution in [1.82, 2.24) is 4.90 Å². The first-order valence-corrected chi connectivity index (χ1v) is 3.88. The van der Waals surface area contributed by atoms with Crippen LogP contribution in [0.15, 0.2) is 0 Å². The SMILES string of the molecule is CCN(CCO)CC(F)(F)C(=O)O. The minimum atomic E-state index is -3.74. The van der Waals surface area contributed by atoms with E-state index in [0.717, 1.165) is 0 Å². The highest BCUT2D eigenvalue weighted by Crippen LogP contribution is 2.14. The molecule has 4 nitrogen and oxygen atoms in total. The molecule has 6 heteroatoms. The summed E-state index contributed by atoms with van der Waals surface area (Å²) in [7, 11) is 0. The Morgan fingerprint density at radius 3 is 2.38 bits per heavy atom. The monoisotopic (exact) mass is 197 g/mol. The molecule has 0 aliphatic heterocycles. The van der Waals surface area contributed by atoms with Gasteiger partial charge in [-0.05, 0) is 6.54 Å². The van der Waals surface area contributed by atoms with Crippen LogP contribution in [-0.2, 0) is 4.79 Å². The summed E-state index contributed by atoms with van der Waals surface area (Å²) < 4.78 is 25.2. The van der Waals surface area contributed by atoms with E-state index in [4.69, 9.17) is 10.2 Å². The van der Waals surface area contributed by atoms with Crippen molar-refractivity contribution < 1.29 is 23.8 Å². The average molecular weight is 197 g/mol. The van der Waals surface area contributed by atoms with Crippen molar-refractivity contribution >= 4 is 5.97 Å². The molecule has 0 heterocycles. The van der Waals surface area contributed by atoms with E-state index in [1.807, 2.05) is 0 Å². The normalized spacial score (nSPS) is 12.1. The molecule has 2 N–H and O–H groups in total. The summed E-state index contributed by atoms with van der Waals surface area (Å²) in [5, 5.41) is 16.6. The number of aliphatic carboxylic acids is 1. The Morgan fingerprint density at radius 2 is 2.08 bits per heavy atom. The second-order valence-electron chi connectivity index (χ2n) is 2.60. The number of likely N-dealkylation sites (N-methyl/N-ethyl adjacent to an activating group) is 1. The molecule has 0 bridgehead atoms. The number of alkyl halides is 2. The molecule has 0 spiro atoms. The predicted octanol–water partition coefficient (Wildman–Crippen LogP) is 0.0205. The third kappa shape index (κ3) is 4.14. The van der Waals surface area contributed by atoms with E-state index in [2.05, 4.69) is 0 Å². The number of carboxylic acid groups (broad SMARTS) is 1. The molecule has 0 aromatic heterocycles. The van der Waals surface area contributed by atoms with Gasteiger partial charge in [-0.15, -0.1) is 0 Å². The lowest BCUT2D eigenvalue weighted by Crippen LogP contribution is -2.43. The number of nitrogens with zero attached hydrogens (tertiary/aromatic N) is 1. The van der Waals surface area contributed by atoms with Crippen molar-refractivity contribution in [1.29, 1.82) is 0 Å². The molecule has 0 unspecified atom stereocenters. The van der Waals surface area contributed by atoms with Crippen LogP contribution in [0.2, 0.25) is 0 Å². The summed E-state index contributed by atoms with van der Waals surface area (Å²) in [4.78, 5) is 11.2. The summed E-state index contributed by atoms with van der Waals surface area (Å²) >= 11 is 0. The molecule has 0 saturated heterocycles. The summed E-state index contributed by atoms with van der Waals surface area (Å²) in [6.07, 6.45) is 0. The fourth-order valence-electron chi connectivity index (χ4n) is 0.839. The lowest BCUT2D eigenvalue weighted by molar-refractivity contribution is -0.167. The molecule has 0 fully saturated rings. The minimum absolute atomic E-state index is 0.0549. The lowest BCUT2D eigenvalue weighted by atomic mass is 10.3. The molecule has 0 radical (unpaired) electrons. The van der Waals surface area contributed by atoms with Gasteiger partial charge in [-0.25, -0.2) is 4.79 Å². The van der Waals surface area contributed by atoms with Crippen LogP contribution < -0.4 is 0 Å². The van der Waals surface area contributed by atoms with E-state index in [9.17, 15) is 13.6 Å². The van der Waals surface area contributed by atoms with Gasteiger partial charge in [0.05, 0.1) is 13.2 Å². The molecule has 0 aromatic carbocycles. The summed E-state index contributed by atoms with van der Waals surface area (Å²) in [6.45, 7) is 0.833. The van der Waals surface area contributed by atoms with E-state index in [1.54, 1.807) is 6.92 Å². The predicted molar refractivity (Wildman–Crippen MR) is 41.8 cm³/mol. The van der Waals surface area contributed by atoms with Crippen LogP contribution in [0.5, 0.6) is 0 Å². The average Bonchev–Trinajstić information content (AvgIpc) is 2.03. The number of aliphatic hydroxyl groups excluding tert-OH is 1. The number of halogens is 2. The van der Waals surface area contributed by atoms with Crippen molar-refractivity contribution in [3.63, 3.8) is 0 Å². The number of hydrogen-bond acceptors (Lipinski definition) is 3. The van der Waals surface area contributed by atoms with Gasteiger partial charge in [0.25, 0.3) is 0 Å². The van der Waals surface area contributed by atoms with Gasteiger partial charge in [0.15, 0.2) is 0 Å². The van der Waals surface area contributed by atoms with E-state index in [0.29, 0.717) is 0 Å². The molecule has 0 aromatic rings. The summed E-state index contributed by atoms with van der Waals surface area (Å²) in [5.74, 6) is -5.88. The smallest absolute Gasteiger partial charge is 0.375 e. The van der Waals surface area contributed by atoms with Gasteiger partial charge < -0.3 is 10.2 Å². The Bertz CT molecular complexity index is 175. The quantitative estimate of drug-likeness (QED) is 0.630. The van der Waals surface area contributed by atoms with Gasteiger partial charge in [0.2, 0.25) is 0 Å². The minimum Gasteiger partial charge on any atom is -0.477 e. The van der Waals surface area contributed by atoms with E-state index >= 15 is 0 Å². The maximum Gasteiger partial charge on any atom is 0.375 e. The van der Waals surface area contributed by atoms with Gasteiger partial charge in [-0.1, -0.05) is 6.92 Å². The molecule has 0 aliphatic carbocycles. The molecule has 0 aliphatic rings. The second-order valence-corrected chi connectivity index (χ2v) is 2.60. The number of carbonyl (C=O) groups is 1. The Kier molecular flexibility index (Phi) is 4.79. The molecule has 0 atom stereocenters. The highest BCUT2D eigenvalue weighted by molar-refractivity contribution is 5.75. The third-order valence-electron chi connectivity index (χ3n) is 1.60. The van der Waals surface area contributed by atoms with Crippen molar-refractivity contribution in [3.05, 3.63) is 0 Å². The third-order valence-corrected chi connectivity index (χ3v) is 1.60. The van der Waals surface area contributed by atoms with Crippen molar-refractivity contribution in [2.45, 2.75) is 12.8 Å². The first-order chi connectivity index (χ1) is 5.94. The van der Waals surface area contributed by atoms with Crippen LogP contribution in [0.3, 0.4) is 0 Å². The molecule has 0 saturated carbocycles. The Labute approximate surface area is 74.8 Å². The second kappa shape index (κ2) is 5.08. The Hall–Kier alpha value is -0.750. The zero-order chi connectivity index (χ0) is 10.5. The fraction of sp³-hybridized carbons (Fsp3) is 0.857. The zero-order valence-electron chi connectivity index (χ0n) is 7.33. The number of carboxylic acids is 1. The van der Waals surface area contributed by atoms with Gasteiger partial charge in [0.1, 0.15) is 0 Å². The largest absolute Gasteiger partial charge is 0.477 e. The summed E-state index contributed by atoms with van der Waals surface area (Å²) in [5.41, 5.74) is 0. The van der Waals surface area contributed by atoms with Crippen molar-refractivity contribution in [2.75, 3.05) is 26.2 Å². The van der Waals surface area contributed by atoms with Gasteiger partial charge in [-0.2, -0.15) is 8.78 Å². The number of hydrogen-bond donors (Lipinski definition) is 2. The van der Waals surface area contributed by atoms with Crippen LogP contribution >= 0.6 is 0 Å². The van der Waals surface area contributed by atoms with Crippen LogP contribution in [-0.4, -0.2) is 53.2 Å². The lowest BCUT2D eigenvalue weighted by Gasteiger charge is -2.22. The zero-order valence-corrected chi connectivity index (χ0v) is 7.33. The Morgan fingerprint density at radius 1 is 1.54 bits per heavy atom. The highest BCUT2D eigenvalue weighted by atomic mass is 19.3. The van der Waals surface area contributed by atoms with Gasteiger partial charge in [-0.3, -0.25) is 4.90 Å². The van der Waals surface area contributed by atoms with Gasteiger partial charge >= 0.3 is 11.9 Å². The van der Waals surface area contributed by atoms with Crippen molar-refractivity contribution in [2.24, 2.45) is 0 Å².